The van der Waals surface area contributed by atoms with Crippen molar-refractivity contribution < 1.29 is 26.8 Å². The van der Waals surface area contributed by atoms with Gasteiger partial charge in [0.1, 0.15) is 0 Å². The number of nitrogens with one attached hydrogen (secondary N) is 1. The Labute approximate surface area is 255 Å². The topological polar surface area (TPSA) is 134 Å². The fourth-order valence-electron chi connectivity index (χ4n) is 6.63. The lowest BCUT2D eigenvalue weighted by Gasteiger charge is -2.38. The van der Waals surface area contributed by atoms with Crippen molar-refractivity contribution in [3.05, 3.63) is 53.6 Å². The van der Waals surface area contributed by atoms with E-state index in [9.17, 15) is 26.8 Å². The fraction of sp³-hybridized carbons (Fsp3) is 0.500. The van der Waals surface area contributed by atoms with E-state index in [4.69, 9.17) is 5.73 Å². The average Bonchev–Trinajstić information content (AvgIpc) is 3.33. The molecule has 1 unspecified atom stereocenters. The Bertz CT molecular complexity index is 1660. The smallest absolute Gasteiger partial charge is 0.328 e. The van der Waals surface area contributed by atoms with Gasteiger partial charge in [0, 0.05) is 44.5 Å². The van der Waals surface area contributed by atoms with E-state index in [1.165, 1.54) is 21.3 Å². The Morgan fingerprint density at radius 3 is 2.39 bits per heavy atom. The quantitative estimate of drug-likeness (QED) is 0.410. The molecule has 44 heavy (non-hydrogen) atoms. The van der Waals surface area contributed by atoms with Crippen molar-refractivity contribution in [1.82, 2.24) is 24.3 Å². The fourth-order valence-corrected chi connectivity index (χ4v) is 8.15. The van der Waals surface area contributed by atoms with Crippen LogP contribution in [0.2, 0.25) is 0 Å². The third-order valence-corrected chi connectivity index (χ3v) is 11.0. The molecular weight excluding hydrogens is 592 g/mol. The van der Waals surface area contributed by atoms with Gasteiger partial charge < -0.3 is 5.73 Å². The van der Waals surface area contributed by atoms with E-state index in [1.54, 1.807) is 28.8 Å². The highest BCUT2D eigenvalue weighted by molar-refractivity contribution is 7.89. The lowest BCUT2D eigenvalue weighted by atomic mass is 9.88. The van der Waals surface area contributed by atoms with Gasteiger partial charge in [0.25, 0.3) is 6.43 Å². The van der Waals surface area contributed by atoms with Gasteiger partial charge in [-0.25, -0.2) is 22.0 Å². The molecule has 3 N–H and O–H groups in total. The monoisotopic (exact) mass is 629 g/mol. The second kappa shape index (κ2) is 12.1. The lowest BCUT2D eigenvalue weighted by molar-refractivity contribution is -0.120. The molecule has 1 aromatic heterocycles. The summed E-state index contributed by atoms with van der Waals surface area (Å²) in [6.45, 7) is 1.75. The van der Waals surface area contributed by atoms with Gasteiger partial charge in [0.2, 0.25) is 15.9 Å². The van der Waals surface area contributed by atoms with Crippen LogP contribution < -0.4 is 16.0 Å². The van der Waals surface area contributed by atoms with Crippen molar-refractivity contribution >= 4 is 38.7 Å². The number of fused-ring (bicyclic) bond motifs is 1. The number of aryl methyl sites for hydroxylation is 1. The molecule has 2 aromatic carbocycles. The molecule has 14 heteroatoms. The maximum Gasteiger partial charge on any atom is 0.329 e. The first-order valence-electron chi connectivity index (χ1n) is 15.0. The number of carbonyl (C=O) groups is 2. The summed E-state index contributed by atoms with van der Waals surface area (Å²) in [5.74, 6) is 0.317. The molecule has 11 nitrogen and oxygen atoms in total. The first-order chi connectivity index (χ1) is 21.0. The number of halogens is 2. The summed E-state index contributed by atoms with van der Waals surface area (Å²) >= 11 is 0. The lowest BCUT2D eigenvalue weighted by Crippen LogP contribution is -2.49. The molecular formula is C30H37F2N7O4S. The third-order valence-electron chi connectivity index (χ3n) is 9.13. The predicted molar refractivity (Wildman–Crippen MR) is 161 cm³/mol. The van der Waals surface area contributed by atoms with Crippen molar-refractivity contribution in [2.24, 2.45) is 12.8 Å². The summed E-state index contributed by atoms with van der Waals surface area (Å²) in [5, 5.41) is 7.67. The summed E-state index contributed by atoms with van der Waals surface area (Å²) in [6.07, 6.45) is -0.0400. The minimum absolute atomic E-state index is 0.0294. The van der Waals surface area contributed by atoms with Gasteiger partial charge in [0.05, 0.1) is 16.5 Å². The normalized spacial score (nSPS) is 20.9. The number of sulfonamides is 1. The maximum absolute atomic E-state index is 14.6. The first-order valence-corrected chi connectivity index (χ1v) is 16.4. The summed E-state index contributed by atoms with van der Waals surface area (Å²) < 4.78 is 58.8. The zero-order valence-electron chi connectivity index (χ0n) is 24.5. The van der Waals surface area contributed by atoms with Crippen molar-refractivity contribution in [3.63, 3.8) is 0 Å². The SMILES string of the molecule is Cn1nc(N2CCC(=O)NC2=O)c2ccc(C3CCN(C(c4cccc(S(=O)(=O)N5CCC(N)CC5)c4)C(F)F)CC3)cc21. The van der Waals surface area contributed by atoms with Crippen LogP contribution in [0.5, 0.6) is 0 Å². The number of carbonyl (C=O) groups excluding carboxylic acids is 2. The molecule has 6 rings (SSSR count). The van der Waals surface area contributed by atoms with E-state index in [1.807, 2.05) is 18.2 Å². The summed E-state index contributed by atoms with van der Waals surface area (Å²) in [5.41, 5.74) is 8.13. The van der Waals surface area contributed by atoms with E-state index < -0.39 is 28.5 Å². The van der Waals surface area contributed by atoms with Gasteiger partial charge in [-0.2, -0.15) is 9.40 Å². The van der Waals surface area contributed by atoms with E-state index in [0.29, 0.717) is 63.2 Å². The minimum atomic E-state index is -3.81. The maximum atomic E-state index is 14.6. The predicted octanol–water partition coefficient (Wildman–Crippen LogP) is 3.32. The number of likely N-dealkylation sites (tertiary alicyclic amines) is 1. The van der Waals surface area contributed by atoms with Gasteiger partial charge >= 0.3 is 6.03 Å². The number of hydrogen-bond donors (Lipinski definition) is 2. The number of aromatic nitrogens is 2. The number of anilines is 1. The number of hydrogen-bond acceptors (Lipinski definition) is 7. The van der Waals surface area contributed by atoms with E-state index in [-0.39, 0.29) is 35.7 Å². The molecule has 1 atom stereocenters. The molecule has 0 radical (unpaired) electrons. The molecule has 3 fully saturated rings. The van der Waals surface area contributed by atoms with Crippen LogP contribution in [0, 0.1) is 0 Å². The minimum Gasteiger partial charge on any atom is -0.328 e. The second-order valence-electron chi connectivity index (χ2n) is 11.9. The van der Waals surface area contributed by atoms with Gasteiger partial charge in [-0.15, -0.1) is 0 Å². The zero-order chi connectivity index (χ0) is 31.2. The largest absolute Gasteiger partial charge is 0.329 e. The number of amides is 3. The van der Waals surface area contributed by atoms with Crippen LogP contribution in [0.4, 0.5) is 19.4 Å². The highest BCUT2D eigenvalue weighted by atomic mass is 32.2. The Morgan fingerprint density at radius 1 is 0.977 bits per heavy atom. The van der Waals surface area contributed by atoms with Gasteiger partial charge in [-0.05, 0) is 80.1 Å². The second-order valence-corrected chi connectivity index (χ2v) is 13.8. The van der Waals surface area contributed by atoms with Gasteiger partial charge in [0.15, 0.2) is 5.82 Å². The average molecular weight is 630 g/mol. The third kappa shape index (κ3) is 5.83. The summed E-state index contributed by atoms with van der Waals surface area (Å²) in [7, 11) is -2.01. The van der Waals surface area contributed by atoms with Crippen LogP contribution in [0.1, 0.15) is 55.2 Å². The molecule has 0 spiro atoms. The van der Waals surface area contributed by atoms with Crippen molar-refractivity contribution in [1.29, 1.82) is 0 Å². The number of rotatable bonds is 7. The van der Waals surface area contributed by atoms with E-state index in [2.05, 4.69) is 10.4 Å². The highest BCUT2D eigenvalue weighted by Gasteiger charge is 2.35. The molecule has 3 amide bonds. The molecule has 0 saturated carbocycles. The van der Waals surface area contributed by atoms with E-state index in [0.717, 1.165) is 16.5 Å². The van der Waals surface area contributed by atoms with Crippen LogP contribution in [-0.4, -0.2) is 84.5 Å². The number of nitrogens with two attached hydrogens (primary N) is 1. The van der Waals surface area contributed by atoms with Crippen molar-refractivity contribution in [2.75, 3.05) is 37.6 Å². The molecule has 3 saturated heterocycles. The Hall–Kier alpha value is -3.46. The number of alkyl halides is 2. The van der Waals surface area contributed by atoms with Crippen LogP contribution in [-0.2, 0) is 21.9 Å². The molecule has 3 aliphatic rings. The van der Waals surface area contributed by atoms with Crippen LogP contribution in [0.3, 0.4) is 0 Å². The molecule has 0 bridgehead atoms. The van der Waals surface area contributed by atoms with Crippen LogP contribution >= 0.6 is 0 Å². The summed E-state index contributed by atoms with van der Waals surface area (Å²) in [4.78, 5) is 27.2. The zero-order valence-corrected chi connectivity index (χ0v) is 25.3. The molecule has 236 valence electrons. The molecule has 3 aromatic rings. The number of nitrogens with zero attached hydrogens (tertiary/aromatic N) is 5. The Kier molecular flexibility index (Phi) is 8.44. The van der Waals surface area contributed by atoms with E-state index >= 15 is 0 Å². The molecule has 3 aliphatic heterocycles. The number of urea groups is 1. The summed E-state index contributed by atoms with van der Waals surface area (Å²) in [6, 6.07) is 10.2. The number of imide groups is 1. The van der Waals surface area contributed by atoms with Crippen molar-refractivity contribution in [3.8, 4) is 0 Å². The molecule has 0 aliphatic carbocycles. The number of benzene rings is 2. The molecule has 4 heterocycles. The first kappa shape index (κ1) is 30.6. The van der Waals surface area contributed by atoms with Crippen molar-refractivity contribution in [2.45, 2.75) is 61.4 Å². The highest BCUT2D eigenvalue weighted by Crippen LogP contribution is 2.38. The van der Waals surface area contributed by atoms with Gasteiger partial charge in [-0.1, -0.05) is 18.2 Å². The standard InChI is InChI=1S/C30H37F2N7O4S/c1-36-25-18-20(5-6-24(25)29(35-36)39-16-11-26(40)34-30(39)41)19-7-12-37(13-8-19)27(28(31)32)21-3-2-4-23(17-21)44(42,43)38-14-9-22(33)10-15-38/h2-6,17-19,22,27-28H,7-16,33H2,1H3,(H,34,40,41). The number of piperidine rings is 2. The Balaban J connectivity index is 1.17. The Morgan fingerprint density at radius 2 is 1.70 bits per heavy atom. The van der Waals surface area contributed by atoms with Crippen LogP contribution in [0.25, 0.3) is 10.9 Å². The van der Waals surface area contributed by atoms with Gasteiger partial charge in [-0.3, -0.25) is 24.6 Å². The van der Waals surface area contributed by atoms with Crippen LogP contribution in [0.15, 0.2) is 47.4 Å².